The highest BCUT2D eigenvalue weighted by molar-refractivity contribution is 5.99. The summed E-state index contributed by atoms with van der Waals surface area (Å²) in [6, 6.07) is 23.3. The van der Waals surface area contributed by atoms with Crippen molar-refractivity contribution in [1.82, 2.24) is 9.80 Å². The van der Waals surface area contributed by atoms with Gasteiger partial charge in [0.15, 0.2) is 0 Å². The number of benzene rings is 3. The number of nitrogens with zero attached hydrogens (tertiary/aromatic N) is 2. The van der Waals surface area contributed by atoms with Crippen molar-refractivity contribution in [3.63, 3.8) is 0 Å². The summed E-state index contributed by atoms with van der Waals surface area (Å²) < 4.78 is 5.85. The lowest BCUT2D eigenvalue weighted by atomic mass is 9.86. The maximum absolute atomic E-state index is 11.7. The molecule has 0 saturated heterocycles. The highest BCUT2D eigenvalue weighted by atomic mass is 16.5. The molecule has 0 aliphatic carbocycles. The van der Waals surface area contributed by atoms with Crippen LogP contribution in [0.4, 0.5) is 4.79 Å². The van der Waals surface area contributed by atoms with Gasteiger partial charge in [0.05, 0.1) is 6.54 Å². The largest absolute Gasteiger partial charge is 0.508 e. The van der Waals surface area contributed by atoms with Gasteiger partial charge in [-0.3, -0.25) is 4.79 Å². The van der Waals surface area contributed by atoms with Crippen molar-refractivity contribution in [2.75, 3.05) is 33.8 Å². The number of phenolic OH excluding ortho intramolecular Hbond substituents is 1. The zero-order valence-corrected chi connectivity index (χ0v) is 22.9. The standard InChI is InChI=1S/C32H36N2O5/c1-5-28(29-10-7-6-9-23(29)2)31(24-12-16-26(35)17-13-24)25-14-18-27(19-15-25)39-22-21-34(32(37)38)20-8-11-30(36)33(3)4/h6-19,35H,5,20-22H2,1-4H3,(H,37,38)/b11-8+,31-28-. The molecule has 0 heterocycles. The van der Waals surface area contributed by atoms with Crippen LogP contribution in [-0.4, -0.2) is 65.8 Å². The second kappa shape index (κ2) is 13.9. The number of hydrogen-bond donors (Lipinski definition) is 2. The Bertz CT molecular complexity index is 1330. The number of aryl methyl sites for hydroxylation is 1. The molecule has 0 aliphatic rings. The summed E-state index contributed by atoms with van der Waals surface area (Å²) >= 11 is 0. The van der Waals surface area contributed by atoms with E-state index in [0.717, 1.165) is 23.1 Å². The molecule has 0 aromatic heterocycles. The van der Waals surface area contributed by atoms with E-state index in [1.165, 1.54) is 38.7 Å². The van der Waals surface area contributed by atoms with Crippen LogP contribution in [0.2, 0.25) is 0 Å². The molecule has 7 heteroatoms. The maximum Gasteiger partial charge on any atom is 0.407 e. The minimum Gasteiger partial charge on any atom is -0.508 e. The third-order valence-electron chi connectivity index (χ3n) is 6.35. The fourth-order valence-electron chi connectivity index (χ4n) is 4.24. The van der Waals surface area contributed by atoms with E-state index in [-0.39, 0.29) is 31.4 Å². The van der Waals surface area contributed by atoms with E-state index >= 15 is 0 Å². The van der Waals surface area contributed by atoms with Crippen molar-refractivity contribution in [2.45, 2.75) is 20.3 Å². The lowest BCUT2D eigenvalue weighted by molar-refractivity contribution is -0.123. The van der Waals surface area contributed by atoms with Crippen molar-refractivity contribution in [3.8, 4) is 11.5 Å². The average molecular weight is 529 g/mol. The second-order valence-corrected chi connectivity index (χ2v) is 9.31. The number of rotatable bonds is 11. The third kappa shape index (κ3) is 7.98. The predicted octanol–water partition coefficient (Wildman–Crippen LogP) is 6.07. The molecular formula is C32H36N2O5. The SMILES string of the molecule is CC/C(=C(\c1ccc(O)cc1)c1ccc(OCCN(C/C=C/C(=O)N(C)C)C(=O)O)cc1)c1ccccc1C. The van der Waals surface area contributed by atoms with Crippen LogP contribution in [0.5, 0.6) is 11.5 Å². The van der Waals surface area contributed by atoms with Gasteiger partial charge in [-0.05, 0) is 71.0 Å². The van der Waals surface area contributed by atoms with E-state index in [1.54, 1.807) is 26.2 Å². The first-order valence-electron chi connectivity index (χ1n) is 12.9. The lowest BCUT2D eigenvalue weighted by Gasteiger charge is -2.19. The van der Waals surface area contributed by atoms with E-state index in [0.29, 0.717) is 5.75 Å². The lowest BCUT2D eigenvalue weighted by Crippen LogP contribution is -2.33. The number of aromatic hydroxyl groups is 1. The summed E-state index contributed by atoms with van der Waals surface area (Å²) in [4.78, 5) is 25.9. The summed E-state index contributed by atoms with van der Waals surface area (Å²) in [5.74, 6) is 0.637. The Balaban J connectivity index is 1.80. The van der Waals surface area contributed by atoms with E-state index < -0.39 is 6.09 Å². The van der Waals surface area contributed by atoms with E-state index in [9.17, 15) is 19.8 Å². The quantitative estimate of drug-likeness (QED) is 0.233. The molecule has 0 saturated carbocycles. The molecule has 0 atom stereocenters. The van der Waals surface area contributed by atoms with E-state index in [4.69, 9.17) is 4.74 Å². The molecule has 0 spiro atoms. The van der Waals surface area contributed by atoms with Crippen molar-refractivity contribution in [3.05, 3.63) is 107 Å². The van der Waals surface area contributed by atoms with Crippen molar-refractivity contribution in [2.24, 2.45) is 0 Å². The number of likely N-dealkylation sites (N-methyl/N-ethyl adjacent to an activating group) is 1. The Morgan fingerprint density at radius 3 is 2.10 bits per heavy atom. The van der Waals surface area contributed by atoms with Gasteiger partial charge >= 0.3 is 6.09 Å². The number of allylic oxidation sites excluding steroid dienone is 1. The molecule has 7 nitrogen and oxygen atoms in total. The topological polar surface area (TPSA) is 90.3 Å². The average Bonchev–Trinajstić information content (AvgIpc) is 2.92. The Labute approximate surface area is 230 Å². The molecule has 0 unspecified atom stereocenters. The molecule has 0 bridgehead atoms. The number of carboxylic acid groups (broad SMARTS) is 1. The number of hydrogen-bond acceptors (Lipinski definition) is 4. The maximum atomic E-state index is 11.7. The Hall–Kier alpha value is -4.52. The minimum absolute atomic E-state index is 0.0939. The molecule has 3 aromatic rings. The van der Waals surface area contributed by atoms with Crippen LogP contribution < -0.4 is 4.74 Å². The van der Waals surface area contributed by atoms with Crippen molar-refractivity contribution in [1.29, 1.82) is 0 Å². The molecule has 39 heavy (non-hydrogen) atoms. The first kappa shape index (κ1) is 29.0. The number of carbonyl (C=O) groups is 2. The fourth-order valence-corrected chi connectivity index (χ4v) is 4.24. The molecule has 2 amide bonds. The zero-order valence-electron chi connectivity index (χ0n) is 22.9. The first-order chi connectivity index (χ1) is 18.7. The number of ether oxygens (including phenoxy) is 1. The Morgan fingerprint density at radius 2 is 1.54 bits per heavy atom. The van der Waals surface area contributed by atoms with Crippen LogP contribution in [-0.2, 0) is 4.79 Å². The normalized spacial score (nSPS) is 11.7. The predicted molar refractivity (Wildman–Crippen MR) is 155 cm³/mol. The second-order valence-electron chi connectivity index (χ2n) is 9.31. The van der Waals surface area contributed by atoms with Crippen LogP contribution >= 0.6 is 0 Å². The van der Waals surface area contributed by atoms with Gasteiger partial charge in [-0.1, -0.05) is 61.5 Å². The van der Waals surface area contributed by atoms with Crippen LogP contribution in [0.3, 0.4) is 0 Å². The van der Waals surface area contributed by atoms with Crippen molar-refractivity contribution < 1.29 is 24.5 Å². The Morgan fingerprint density at radius 1 is 0.923 bits per heavy atom. The summed E-state index contributed by atoms with van der Waals surface area (Å²) in [5.41, 5.74) is 6.66. The zero-order chi connectivity index (χ0) is 28.4. The third-order valence-corrected chi connectivity index (χ3v) is 6.35. The van der Waals surface area contributed by atoms with Crippen LogP contribution in [0.15, 0.2) is 84.9 Å². The van der Waals surface area contributed by atoms with Gasteiger partial charge in [-0.25, -0.2) is 4.79 Å². The number of phenols is 1. The highest BCUT2D eigenvalue weighted by Crippen LogP contribution is 2.36. The summed E-state index contributed by atoms with van der Waals surface area (Å²) in [7, 11) is 3.27. The van der Waals surface area contributed by atoms with Gasteiger partial charge in [0.1, 0.15) is 18.1 Å². The first-order valence-corrected chi connectivity index (χ1v) is 12.9. The van der Waals surface area contributed by atoms with Crippen LogP contribution in [0.25, 0.3) is 11.1 Å². The van der Waals surface area contributed by atoms with Gasteiger partial charge in [0.2, 0.25) is 5.91 Å². The van der Waals surface area contributed by atoms with Crippen LogP contribution in [0, 0.1) is 6.92 Å². The summed E-state index contributed by atoms with van der Waals surface area (Å²) in [5, 5.41) is 19.3. The smallest absolute Gasteiger partial charge is 0.407 e. The number of carbonyl (C=O) groups excluding carboxylic acids is 1. The monoisotopic (exact) mass is 528 g/mol. The highest BCUT2D eigenvalue weighted by Gasteiger charge is 2.15. The summed E-state index contributed by atoms with van der Waals surface area (Å²) in [6.07, 6.45) is 2.63. The fraction of sp³-hybridized carbons (Fsp3) is 0.250. The van der Waals surface area contributed by atoms with Crippen LogP contribution in [0.1, 0.15) is 35.6 Å². The van der Waals surface area contributed by atoms with Gasteiger partial charge in [0, 0.05) is 26.7 Å². The van der Waals surface area contributed by atoms with Gasteiger partial charge in [0.25, 0.3) is 0 Å². The van der Waals surface area contributed by atoms with E-state index in [2.05, 4.69) is 26.0 Å². The molecular weight excluding hydrogens is 492 g/mol. The number of amides is 2. The van der Waals surface area contributed by atoms with E-state index in [1.807, 2.05) is 48.5 Å². The van der Waals surface area contributed by atoms with Gasteiger partial charge in [-0.2, -0.15) is 0 Å². The van der Waals surface area contributed by atoms with Crippen molar-refractivity contribution >= 4 is 23.1 Å². The molecule has 0 fully saturated rings. The molecule has 2 N–H and O–H groups in total. The molecule has 3 aromatic carbocycles. The molecule has 0 radical (unpaired) electrons. The van der Waals surface area contributed by atoms with Gasteiger partial charge < -0.3 is 24.7 Å². The van der Waals surface area contributed by atoms with Gasteiger partial charge in [-0.15, -0.1) is 0 Å². The molecule has 3 rings (SSSR count). The Kier molecular flexibility index (Phi) is 10.3. The minimum atomic E-state index is -1.08. The molecule has 0 aliphatic heterocycles. The summed E-state index contributed by atoms with van der Waals surface area (Å²) in [6.45, 7) is 4.66. The molecule has 204 valence electrons.